The highest BCUT2D eigenvalue weighted by atomic mass is 19.4. The van der Waals surface area contributed by atoms with Crippen LogP contribution in [0.5, 0.6) is 0 Å². The zero-order valence-electron chi connectivity index (χ0n) is 8.94. The lowest BCUT2D eigenvalue weighted by molar-refractivity contribution is -0.146. The number of carboxylic acid groups (broad SMARTS) is 1. The number of benzene rings is 1. The van der Waals surface area contributed by atoms with Crippen molar-refractivity contribution in [1.29, 1.82) is 0 Å². The molecule has 7 heteroatoms. The summed E-state index contributed by atoms with van der Waals surface area (Å²) in [6, 6.07) is 4.02. The number of alkyl halides is 3. The maximum Gasteiger partial charge on any atom is 0.417 e. The molecule has 1 aromatic rings. The van der Waals surface area contributed by atoms with Gasteiger partial charge in [-0.2, -0.15) is 13.2 Å². The van der Waals surface area contributed by atoms with E-state index >= 15 is 0 Å². The minimum absolute atomic E-state index is 0.648. The Balaban J connectivity index is 3.03. The molecule has 1 atom stereocenters. The summed E-state index contributed by atoms with van der Waals surface area (Å²) in [5.41, 5.74) is -1.79. The molecular weight excluding hydrogens is 253 g/mol. The smallest absolute Gasteiger partial charge is 0.417 e. The fraction of sp³-hybridized carbons (Fsp3) is 0.273. The van der Waals surface area contributed by atoms with Crippen LogP contribution in [-0.4, -0.2) is 28.1 Å². The summed E-state index contributed by atoms with van der Waals surface area (Å²) in [6.07, 6.45) is -7.62. The molecule has 4 nitrogen and oxygen atoms in total. The maximum atomic E-state index is 12.6. The van der Waals surface area contributed by atoms with E-state index in [0.29, 0.717) is 0 Å². The lowest BCUT2D eigenvalue weighted by atomic mass is 9.99. The van der Waals surface area contributed by atoms with Crippen LogP contribution in [0.2, 0.25) is 0 Å². The van der Waals surface area contributed by atoms with Gasteiger partial charge in [0.2, 0.25) is 0 Å². The van der Waals surface area contributed by atoms with Gasteiger partial charge in [0, 0.05) is 12.0 Å². The quantitative estimate of drug-likeness (QED) is 0.810. The Hall–Kier alpha value is -1.89. The van der Waals surface area contributed by atoms with Crippen molar-refractivity contribution in [3.8, 4) is 0 Å². The number of carbonyl (C=O) groups excluding carboxylic acids is 1. The predicted octanol–water partition coefficient (Wildman–Crippen LogP) is 1.72. The molecule has 18 heavy (non-hydrogen) atoms. The van der Waals surface area contributed by atoms with Gasteiger partial charge in [-0.3, -0.25) is 4.79 Å². The van der Waals surface area contributed by atoms with Gasteiger partial charge in [0.15, 0.2) is 11.9 Å². The number of hydrogen-bond acceptors (Lipinski definition) is 3. The van der Waals surface area contributed by atoms with E-state index in [0.717, 1.165) is 18.2 Å². The monoisotopic (exact) mass is 262 g/mol. The molecule has 1 unspecified atom stereocenters. The summed E-state index contributed by atoms with van der Waals surface area (Å²) >= 11 is 0. The van der Waals surface area contributed by atoms with Gasteiger partial charge in [-0.05, 0) is 6.07 Å². The second-order valence-electron chi connectivity index (χ2n) is 3.52. The summed E-state index contributed by atoms with van der Waals surface area (Å²) in [7, 11) is 0. The van der Waals surface area contributed by atoms with E-state index < -0.39 is 41.6 Å². The normalized spacial score (nSPS) is 13.1. The van der Waals surface area contributed by atoms with Crippen LogP contribution in [0.1, 0.15) is 22.3 Å². The molecule has 0 bridgehead atoms. The maximum absolute atomic E-state index is 12.6. The molecule has 0 aliphatic heterocycles. The van der Waals surface area contributed by atoms with Gasteiger partial charge in [-0.1, -0.05) is 18.2 Å². The van der Waals surface area contributed by atoms with E-state index in [1.54, 1.807) is 0 Å². The Morgan fingerprint density at radius 1 is 1.22 bits per heavy atom. The van der Waals surface area contributed by atoms with Crippen molar-refractivity contribution in [2.24, 2.45) is 0 Å². The number of aliphatic hydroxyl groups is 1. The lowest BCUT2D eigenvalue weighted by Gasteiger charge is -2.12. The van der Waals surface area contributed by atoms with Crippen LogP contribution in [-0.2, 0) is 11.0 Å². The van der Waals surface area contributed by atoms with Gasteiger partial charge >= 0.3 is 12.1 Å². The summed E-state index contributed by atoms with van der Waals surface area (Å²) in [6.45, 7) is 0. The summed E-state index contributed by atoms with van der Waals surface area (Å²) in [4.78, 5) is 21.8. The first-order valence-corrected chi connectivity index (χ1v) is 4.83. The fourth-order valence-electron chi connectivity index (χ4n) is 1.35. The fourth-order valence-corrected chi connectivity index (χ4v) is 1.35. The predicted molar refractivity (Wildman–Crippen MR) is 54.0 cm³/mol. The minimum atomic E-state index is -4.71. The highest BCUT2D eigenvalue weighted by Crippen LogP contribution is 2.32. The molecule has 98 valence electrons. The largest absolute Gasteiger partial charge is 0.479 e. The number of aliphatic hydroxyl groups excluding tert-OH is 1. The third kappa shape index (κ3) is 3.30. The van der Waals surface area contributed by atoms with E-state index in [2.05, 4.69) is 0 Å². The lowest BCUT2D eigenvalue weighted by Crippen LogP contribution is -2.24. The molecule has 0 aliphatic rings. The number of rotatable bonds is 4. The number of ketones is 1. The van der Waals surface area contributed by atoms with E-state index in [1.807, 2.05) is 0 Å². The summed E-state index contributed by atoms with van der Waals surface area (Å²) < 4.78 is 37.7. The standard InChI is InChI=1S/C11H9F3O4/c12-11(13,14)7-4-2-1-3-6(7)8(15)5-9(16)10(17)18/h1-4,9,16H,5H2,(H,17,18). The average molecular weight is 262 g/mol. The molecule has 2 N–H and O–H groups in total. The Morgan fingerprint density at radius 2 is 1.78 bits per heavy atom. The topological polar surface area (TPSA) is 74.6 Å². The first-order valence-electron chi connectivity index (χ1n) is 4.83. The first-order chi connectivity index (χ1) is 8.23. The van der Waals surface area contributed by atoms with Crippen LogP contribution >= 0.6 is 0 Å². The van der Waals surface area contributed by atoms with Crippen LogP contribution in [0.15, 0.2) is 24.3 Å². The molecule has 1 aromatic carbocycles. The van der Waals surface area contributed by atoms with Crippen molar-refractivity contribution in [2.45, 2.75) is 18.7 Å². The van der Waals surface area contributed by atoms with E-state index in [9.17, 15) is 22.8 Å². The van der Waals surface area contributed by atoms with Gasteiger partial charge in [-0.15, -0.1) is 0 Å². The first kappa shape index (κ1) is 14.2. The van der Waals surface area contributed by atoms with Crippen molar-refractivity contribution in [2.75, 3.05) is 0 Å². The minimum Gasteiger partial charge on any atom is -0.479 e. The molecule has 0 radical (unpaired) electrons. The molecule has 0 saturated carbocycles. The number of aliphatic carboxylic acids is 1. The van der Waals surface area contributed by atoms with E-state index in [1.165, 1.54) is 6.07 Å². The Labute approximate surface area is 99.7 Å². The van der Waals surface area contributed by atoms with Crippen LogP contribution < -0.4 is 0 Å². The van der Waals surface area contributed by atoms with Crippen LogP contribution in [0.25, 0.3) is 0 Å². The summed E-state index contributed by atoms with van der Waals surface area (Å²) in [5.74, 6) is -2.73. The molecule has 0 saturated heterocycles. The molecule has 0 fully saturated rings. The van der Waals surface area contributed by atoms with Gasteiger partial charge in [0.25, 0.3) is 0 Å². The molecule has 0 aromatic heterocycles. The highest BCUT2D eigenvalue weighted by Gasteiger charge is 2.35. The second-order valence-corrected chi connectivity index (χ2v) is 3.52. The Morgan fingerprint density at radius 3 is 2.28 bits per heavy atom. The number of carboxylic acids is 1. The van der Waals surface area contributed by atoms with Crippen LogP contribution in [0.4, 0.5) is 13.2 Å². The van der Waals surface area contributed by atoms with Crippen molar-refractivity contribution in [3.05, 3.63) is 35.4 Å². The van der Waals surface area contributed by atoms with Gasteiger partial charge < -0.3 is 10.2 Å². The average Bonchev–Trinajstić information content (AvgIpc) is 2.27. The number of carbonyl (C=O) groups is 2. The van der Waals surface area contributed by atoms with Gasteiger partial charge in [-0.25, -0.2) is 4.79 Å². The zero-order valence-corrected chi connectivity index (χ0v) is 8.94. The molecule has 1 rings (SSSR count). The van der Waals surface area contributed by atoms with Crippen LogP contribution in [0.3, 0.4) is 0 Å². The molecular formula is C11H9F3O4. The molecule has 0 aliphatic carbocycles. The Bertz CT molecular complexity index is 468. The van der Waals surface area contributed by atoms with E-state index in [4.69, 9.17) is 10.2 Å². The van der Waals surface area contributed by atoms with Crippen molar-refractivity contribution in [1.82, 2.24) is 0 Å². The zero-order chi connectivity index (χ0) is 13.9. The molecule has 0 spiro atoms. The highest BCUT2D eigenvalue weighted by molar-refractivity contribution is 5.99. The van der Waals surface area contributed by atoms with Gasteiger partial charge in [0.05, 0.1) is 5.56 Å². The third-order valence-electron chi connectivity index (χ3n) is 2.20. The number of Topliss-reactive ketones (excluding diaryl/α,β-unsaturated/α-hetero) is 1. The van der Waals surface area contributed by atoms with Crippen molar-refractivity contribution >= 4 is 11.8 Å². The van der Waals surface area contributed by atoms with E-state index in [-0.39, 0.29) is 0 Å². The Kier molecular flexibility index (Phi) is 4.07. The van der Waals surface area contributed by atoms with Crippen LogP contribution in [0, 0.1) is 0 Å². The molecule has 0 heterocycles. The van der Waals surface area contributed by atoms with Gasteiger partial charge in [0.1, 0.15) is 0 Å². The van der Waals surface area contributed by atoms with Crippen molar-refractivity contribution in [3.63, 3.8) is 0 Å². The molecule has 0 amide bonds. The number of halogens is 3. The third-order valence-corrected chi connectivity index (χ3v) is 2.20. The SMILES string of the molecule is O=C(CC(O)C(=O)O)c1ccccc1C(F)(F)F. The number of hydrogen-bond donors (Lipinski definition) is 2. The van der Waals surface area contributed by atoms with Crippen molar-refractivity contribution < 1.29 is 33.0 Å². The second kappa shape index (κ2) is 5.18. The summed E-state index contributed by atoms with van der Waals surface area (Å²) in [5, 5.41) is 17.3.